The summed E-state index contributed by atoms with van der Waals surface area (Å²) >= 11 is 5.96. The van der Waals surface area contributed by atoms with Gasteiger partial charge in [-0.2, -0.15) is 10.1 Å². The van der Waals surface area contributed by atoms with E-state index in [1.807, 2.05) is 12.1 Å². The molecule has 188 valence electrons. The van der Waals surface area contributed by atoms with Crippen LogP contribution in [0.2, 0.25) is 5.02 Å². The predicted octanol–water partition coefficient (Wildman–Crippen LogP) is 2.36. The zero-order valence-corrected chi connectivity index (χ0v) is 20.6. The van der Waals surface area contributed by atoms with Crippen molar-refractivity contribution < 1.29 is 14.6 Å². The number of hydrazone groups is 1. The van der Waals surface area contributed by atoms with Crippen molar-refractivity contribution in [1.29, 1.82) is 0 Å². The van der Waals surface area contributed by atoms with E-state index in [1.165, 1.54) is 16.2 Å². The lowest BCUT2D eigenvalue weighted by Crippen LogP contribution is -2.30. The molecule has 0 fully saturated rings. The van der Waals surface area contributed by atoms with Gasteiger partial charge in [-0.1, -0.05) is 23.7 Å². The number of rotatable bonds is 9. The molecule has 0 aliphatic rings. The molecule has 2 heterocycles. The third kappa shape index (κ3) is 5.42. The Bertz CT molecular complexity index is 1510. The van der Waals surface area contributed by atoms with Gasteiger partial charge in [0.25, 0.3) is 5.56 Å². The number of imidazole rings is 1. The highest BCUT2D eigenvalue weighted by molar-refractivity contribution is 6.30. The third-order valence-electron chi connectivity index (χ3n) is 5.49. The molecule has 1 atom stereocenters. The van der Waals surface area contributed by atoms with Crippen LogP contribution in [0.25, 0.3) is 11.2 Å². The monoisotopic (exact) mass is 512 g/mol. The molecule has 2 aromatic carbocycles. The number of aliphatic hydroxyl groups excluding tert-OH is 1. The first-order valence-corrected chi connectivity index (χ1v) is 11.4. The standard InChI is InChI=1S/C24H25ClN6O5/c1-14(15-4-6-16(25)7-5-15)28-29-23-26-21-20(22(33)27-24(34)30(21)2)31(23)12-17(32)13-36-19-10-8-18(35-3)9-11-19/h4-11,17,32H,12-13H2,1-3H3,(H,26,29)(H,27,33,34)/b28-14-/t17-/m1/s1. The van der Waals surface area contributed by atoms with Gasteiger partial charge < -0.3 is 19.1 Å². The minimum Gasteiger partial charge on any atom is -0.497 e. The SMILES string of the molecule is COc1ccc(OC[C@H](O)Cn2c(N/N=C(/C)c3ccc(Cl)cc3)nc3c2c(=O)[nH]c(=O)n3C)cc1. The van der Waals surface area contributed by atoms with Crippen LogP contribution in [0.1, 0.15) is 12.5 Å². The molecule has 12 heteroatoms. The zero-order valence-electron chi connectivity index (χ0n) is 19.9. The minimum absolute atomic E-state index is 0.0498. The highest BCUT2D eigenvalue weighted by Crippen LogP contribution is 2.19. The van der Waals surface area contributed by atoms with Gasteiger partial charge in [0.2, 0.25) is 5.95 Å². The van der Waals surface area contributed by atoms with E-state index in [4.69, 9.17) is 21.1 Å². The maximum Gasteiger partial charge on any atom is 0.329 e. The molecular weight excluding hydrogens is 488 g/mol. The van der Waals surface area contributed by atoms with Gasteiger partial charge in [-0.3, -0.25) is 14.3 Å². The van der Waals surface area contributed by atoms with Crippen LogP contribution >= 0.6 is 11.6 Å². The van der Waals surface area contributed by atoms with Crippen LogP contribution in [0.3, 0.4) is 0 Å². The summed E-state index contributed by atoms with van der Waals surface area (Å²) in [6.07, 6.45) is -1.01. The number of anilines is 1. The largest absolute Gasteiger partial charge is 0.497 e. The summed E-state index contributed by atoms with van der Waals surface area (Å²) in [7, 11) is 3.06. The van der Waals surface area contributed by atoms with Crippen molar-refractivity contribution in [3.05, 3.63) is 80.0 Å². The average Bonchev–Trinajstić information content (AvgIpc) is 3.24. The van der Waals surface area contributed by atoms with Gasteiger partial charge in [0.1, 0.15) is 24.2 Å². The second kappa shape index (κ2) is 10.7. The van der Waals surface area contributed by atoms with Gasteiger partial charge >= 0.3 is 5.69 Å². The first-order chi connectivity index (χ1) is 17.3. The number of aryl methyl sites for hydroxylation is 1. The number of methoxy groups -OCH3 is 1. The van der Waals surface area contributed by atoms with Crippen LogP contribution in [0, 0.1) is 0 Å². The fourth-order valence-corrected chi connectivity index (χ4v) is 3.64. The maximum atomic E-state index is 12.7. The van der Waals surface area contributed by atoms with E-state index >= 15 is 0 Å². The number of halogens is 1. The molecule has 0 aliphatic carbocycles. The lowest BCUT2D eigenvalue weighted by Gasteiger charge is -2.15. The number of nitrogens with zero attached hydrogens (tertiary/aromatic N) is 4. The van der Waals surface area contributed by atoms with Gasteiger partial charge in [0, 0.05) is 12.1 Å². The molecule has 0 spiro atoms. The molecule has 0 saturated carbocycles. The smallest absolute Gasteiger partial charge is 0.329 e. The van der Waals surface area contributed by atoms with Crippen molar-refractivity contribution in [3.8, 4) is 11.5 Å². The van der Waals surface area contributed by atoms with Crippen molar-refractivity contribution in [1.82, 2.24) is 19.1 Å². The van der Waals surface area contributed by atoms with Crippen molar-refractivity contribution in [2.24, 2.45) is 12.1 Å². The fraction of sp³-hybridized carbons (Fsp3) is 0.250. The second-order valence-electron chi connectivity index (χ2n) is 7.99. The number of H-pyrrole nitrogens is 1. The van der Waals surface area contributed by atoms with E-state index in [9.17, 15) is 14.7 Å². The Balaban J connectivity index is 1.62. The molecule has 0 radical (unpaired) electrons. The van der Waals surface area contributed by atoms with Gasteiger partial charge in [-0.05, 0) is 48.9 Å². The Morgan fingerprint density at radius 2 is 1.83 bits per heavy atom. The van der Waals surface area contributed by atoms with Crippen LogP contribution in [-0.4, -0.2) is 49.7 Å². The van der Waals surface area contributed by atoms with Crippen LogP contribution in [0.4, 0.5) is 5.95 Å². The minimum atomic E-state index is -1.01. The molecule has 36 heavy (non-hydrogen) atoms. The number of aromatic amines is 1. The lowest BCUT2D eigenvalue weighted by atomic mass is 10.1. The van der Waals surface area contributed by atoms with E-state index in [1.54, 1.807) is 50.4 Å². The number of aromatic nitrogens is 4. The van der Waals surface area contributed by atoms with Gasteiger partial charge in [0.05, 0.1) is 19.4 Å². The van der Waals surface area contributed by atoms with E-state index in [2.05, 4.69) is 20.5 Å². The lowest BCUT2D eigenvalue weighted by molar-refractivity contribution is 0.0938. The molecule has 0 saturated heterocycles. The summed E-state index contributed by atoms with van der Waals surface area (Å²) in [5.74, 6) is 1.41. The highest BCUT2D eigenvalue weighted by atomic mass is 35.5. The highest BCUT2D eigenvalue weighted by Gasteiger charge is 2.20. The average molecular weight is 513 g/mol. The first-order valence-electron chi connectivity index (χ1n) is 11.0. The van der Waals surface area contributed by atoms with Crippen LogP contribution in [-0.2, 0) is 13.6 Å². The molecule has 4 rings (SSSR count). The van der Waals surface area contributed by atoms with Crippen LogP contribution < -0.4 is 26.1 Å². The summed E-state index contributed by atoms with van der Waals surface area (Å²) in [5.41, 5.74) is 3.34. The number of nitrogens with one attached hydrogen (secondary N) is 2. The quantitative estimate of drug-likeness (QED) is 0.231. The molecule has 11 nitrogen and oxygen atoms in total. The summed E-state index contributed by atoms with van der Waals surface area (Å²) in [4.78, 5) is 31.4. The van der Waals surface area contributed by atoms with Gasteiger partial charge in [-0.15, -0.1) is 0 Å². The fourth-order valence-electron chi connectivity index (χ4n) is 3.51. The Morgan fingerprint density at radius 1 is 1.17 bits per heavy atom. The summed E-state index contributed by atoms with van der Waals surface area (Å²) in [6.45, 7) is 1.69. The zero-order chi connectivity index (χ0) is 25.8. The summed E-state index contributed by atoms with van der Waals surface area (Å²) in [6, 6.07) is 14.1. The molecule has 0 amide bonds. The summed E-state index contributed by atoms with van der Waals surface area (Å²) in [5, 5.41) is 15.7. The first kappa shape index (κ1) is 25.0. The number of hydrogen-bond acceptors (Lipinski definition) is 8. The Kier molecular flexibility index (Phi) is 7.41. The molecule has 0 bridgehead atoms. The number of ether oxygens (including phenoxy) is 2. The third-order valence-corrected chi connectivity index (χ3v) is 5.74. The Morgan fingerprint density at radius 3 is 2.50 bits per heavy atom. The number of aliphatic hydroxyl groups is 1. The maximum absolute atomic E-state index is 12.7. The van der Waals surface area contributed by atoms with Crippen molar-refractivity contribution in [3.63, 3.8) is 0 Å². The predicted molar refractivity (Wildman–Crippen MR) is 137 cm³/mol. The number of hydrogen-bond donors (Lipinski definition) is 3. The van der Waals surface area contributed by atoms with E-state index in [0.29, 0.717) is 22.2 Å². The van der Waals surface area contributed by atoms with Crippen molar-refractivity contribution >= 4 is 34.4 Å². The van der Waals surface area contributed by atoms with Crippen molar-refractivity contribution in [2.45, 2.75) is 19.6 Å². The molecule has 0 aliphatic heterocycles. The van der Waals surface area contributed by atoms with E-state index in [0.717, 1.165) is 5.56 Å². The van der Waals surface area contributed by atoms with Crippen LogP contribution in [0.5, 0.6) is 11.5 Å². The topological polar surface area (TPSA) is 136 Å². The summed E-state index contributed by atoms with van der Waals surface area (Å²) < 4.78 is 13.5. The van der Waals surface area contributed by atoms with Gasteiger partial charge in [0.15, 0.2) is 11.2 Å². The molecule has 2 aromatic heterocycles. The van der Waals surface area contributed by atoms with Crippen LogP contribution in [0.15, 0.2) is 63.2 Å². The molecule has 3 N–H and O–H groups in total. The molecule has 0 unspecified atom stereocenters. The number of fused-ring (bicyclic) bond motifs is 1. The normalized spacial score (nSPS) is 12.5. The number of benzene rings is 2. The van der Waals surface area contributed by atoms with E-state index < -0.39 is 17.4 Å². The molecule has 4 aromatic rings. The Labute approximate surface area is 210 Å². The van der Waals surface area contributed by atoms with Gasteiger partial charge in [-0.25, -0.2) is 10.2 Å². The van der Waals surface area contributed by atoms with Crippen molar-refractivity contribution in [2.75, 3.05) is 19.1 Å². The second-order valence-corrected chi connectivity index (χ2v) is 8.43. The Hall–Kier alpha value is -4.09. The molecular formula is C24H25ClN6O5. The van der Waals surface area contributed by atoms with E-state index in [-0.39, 0.29) is 30.3 Å².